The molecule has 28 heavy (non-hydrogen) atoms. The number of aryl methyl sites for hydroxylation is 1. The molecule has 146 valence electrons. The Morgan fingerprint density at radius 3 is 2.29 bits per heavy atom. The number of hydrogen-bond donors (Lipinski definition) is 0. The lowest BCUT2D eigenvalue weighted by Gasteiger charge is -2.12. The lowest BCUT2D eigenvalue weighted by Crippen LogP contribution is -2.13. The normalized spacial score (nSPS) is 11.5. The quantitative estimate of drug-likeness (QED) is 0.479. The van der Waals surface area contributed by atoms with Gasteiger partial charge < -0.3 is 18.8 Å². The third kappa shape index (κ3) is 3.41. The molecule has 10 heteroatoms. The van der Waals surface area contributed by atoms with Crippen molar-refractivity contribution in [2.45, 2.75) is 0 Å². The maximum atomic E-state index is 12.7. The molecule has 0 bridgehead atoms. The van der Waals surface area contributed by atoms with Crippen LogP contribution in [0.1, 0.15) is 10.4 Å². The fourth-order valence-electron chi connectivity index (χ4n) is 2.69. The molecule has 0 atom stereocenters. The minimum atomic E-state index is -0.504. The van der Waals surface area contributed by atoms with E-state index in [1.165, 1.54) is 56.9 Å². The molecular formula is C18H17N3O6S. The number of hydrogen-bond acceptors (Lipinski definition) is 7. The summed E-state index contributed by atoms with van der Waals surface area (Å²) in [4.78, 5) is 27.8. The van der Waals surface area contributed by atoms with Gasteiger partial charge in [-0.2, -0.15) is 4.99 Å². The Balaban J connectivity index is 2.10. The second-order valence-corrected chi connectivity index (χ2v) is 6.69. The highest BCUT2D eigenvalue weighted by atomic mass is 32.1. The summed E-state index contributed by atoms with van der Waals surface area (Å²) in [5.41, 5.74) is 0.858. The molecule has 1 aromatic heterocycles. The SMILES string of the molecule is COc1cc(C(=O)N=c2sc3ccc([N+](=O)[O-])cc3n2C)cc(OC)c1OC. The van der Waals surface area contributed by atoms with Gasteiger partial charge in [0, 0.05) is 24.7 Å². The standard InChI is InChI=1S/C18H17N3O6S/c1-20-12-9-11(21(23)24)5-6-15(12)28-18(20)19-17(22)10-7-13(25-2)16(27-4)14(8-10)26-3/h5-9H,1-4H3. The van der Waals surface area contributed by atoms with E-state index in [-0.39, 0.29) is 11.3 Å². The molecule has 2 aromatic carbocycles. The fourth-order valence-corrected chi connectivity index (χ4v) is 3.69. The summed E-state index contributed by atoms with van der Waals surface area (Å²) < 4.78 is 18.2. The van der Waals surface area contributed by atoms with Crippen molar-refractivity contribution in [3.63, 3.8) is 0 Å². The van der Waals surface area contributed by atoms with Crippen LogP contribution in [0.3, 0.4) is 0 Å². The van der Waals surface area contributed by atoms with Gasteiger partial charge in [-0.15, -0.1) is 0 Å². The van der Waals surface area contributed by atoms with Crippen molar-refractivity contribution < 1.29 is 23.9 Å². The van der Waals surface area contributed by atoms with Crippen LogP contribution in [-0.2, 0) is 7.05 Å². The highest BCUT2D eigenvalue weighted by Gasteiger charge is 2.17. The van der Waals surface area contributed by atoms with Gasteiger partial charge in [0.1, 0.15) is 0 Å². The second-order valence-electron chi connectivity index (χ2n) is 5.68. The Morgan fingerprint density at radius 2 is 1.75 bits per heavy atom. The van der Waals surface area contributed by atoms with Crippen molar-refractivity contribution in [3.05, 3.63) is 50.8 Å². The molecule has 0 aliphatic rings. The van der Waals surface area contributed by atoms with Gasteiger partial charge in [-0.05, 0) is 18.2 Å². The molecule has 3 rings (SSSR count). The average Bonchev–Trinajstić information content (AvgIpc) is 3.01. The summed E-state index contributed by atoms with van der Waals surface area (Å²) in [6.45, 7) is 0. The number of amides is 1. The third-order valence-electron chi connectivity index (χ3n) is 4.11. The minimum absolute atomic E-state index is 0.0246. The first kappa shape index (κ1) is 19.4. The van der Waals surface area contributed by atoms with E-state index >= 15 is 0 Å². The Kier molecular flexibility index (Phi) is 5.32. The first-order chi connectivity index (χ1) is 13.4. The van der Waals surface area contributed by atoms with E-state index in [1.807, 2.05) is 0 Å². The van der Waals surface area contributed by atoms with Crippen LogP contribution in [0.5, 0.6) is 17.2 Å². The zero-order valence-corrected chi connectivity index (χ0v) is 16.4. The number of benzene rings is 2. The van der Waals surface area contributed by atoms with E-state index in [0.717, 1.165) is 4.70 Å². The number of thiazole rings is 1. The van der Waals surface area contributed by atoms with Gasteiger partial charge in [0.05, 0.1) is 36.5 Å². The van der Waals surface area contributed by atoms with Gasteiger partial charge in [0.15, 0.2) is 16.3 Å². The molecular weight excluding hydrogens is 386 g/mol. The number of methoxy groups -OCH3 is 3. The van der Waals surface area contributed by atoms with Crippen LogP contribution in [-0.4, -0.2) is 36.7 Å². The average molecular weight is 403 g/mol. The van der Waals surface area contributed by atoms with Crippen LogP contribution < -0.4 is 19.0 Å². The molecule has 0 fully saturated rings. The molecule has 0 aliphatic carbocycles. The first-order valence-corrected chi connectivity index (χ1v) is 8.84. The second kappa shape index (κ2) is 7.69. The molecule has 1 heterocycles. The van der Waals surface area contributed by atoms with Crippen molar-refractivity contribution >= 4 is 33.1 Å². The van der Waals surface area contributed by atoms with Gasteiger partial charge in [0.25, 0.3) is 11.6 Å². The highest BCUT2D eigenvalue weighted by molar-refractivity contribution is 7.16. The number of ether oxygens (including phenoxy) is 3. The smallest absolute Gasteiger partial charge is 0.279 e. The number of nitro benzene ring substituents is 1. The summed E-state index contributed by atoms with van der Waals surface area (Å²) in [5, 5.41) is 11.0. The molecule has 0 radical (unpaired) electrons. The third-order valence-corrected chi connectivity index (χ3v) is 5.22. The number of non-ortho nitro benzene ring substituents is 1. The van der Waals surface area contributed by atoms with E-state index in [0.29, 0.717) is 27.6 Å². The topological polar surface area (TPSA) is 105 Å². The molecule has 0 unspecified atom stereocenters. The molecule has 3 aromatic rings. The number of carbonyl (C=O) groups excluding carboxylic acids is 1. The number of carbonyl (C=O) groups is 1. The first-order valence-electron chi connectivity index (χ1n) is 8.02. The van der Waals surface area contributed by atoms with Crippen LogP contribution in [0.15, 0.2) is 35.3 Å². The van der Waals surface area contributed by atoms with Crippen LogP contribution in [0, 0.1) is 10.1 Å². The monoisotopic (exact) mass is 403 g/mol. The lowest BCUT2D eigenvalue weighted by atomic mass is 10.1. The Bertz CT molecular complexity index is 1120. The minimum Gasteiger partial charge on any atom is -0.493 e. The predicted molar refractivity (Wildman–Crippen MR) is 103 cm³/mol. The van der Waals surface area contributed by atoms with E-state index < -0.39 is 10.8 Å². The van der Waals surface area contributed by atoms with Crippen molar-refractivity contribution in [3.8, 4) is 17.2 Å². The molecule has 0 saturated carbocycles. The van der Waals surface area contributed by atoms with E-state index in [2.05, 4.69) is 4.99 Å². The van der Waals surface area contributed by atoms with Gasteiger partial charge in [-0.25, -0.2) is 0 Å². The summed E-state index contributed by atoms with van der Waals surface area (Å²) in [6.07, 6.45) is 0. The van der Waals surface area contributed by atoms with Crippen LogP contribution >= 0.6 is 11.3 Å². The van der Waals surface area contributed by atoms with Crippen LogP contribution in [0.4, 0.5) is 5.69 Å². The molecule has 9 nitrogen and oxygen atoms in total. The largest absolute Gasteiger partial charge is 0.493 e. The Morgan fingerprint density at radius 1 is 1.11 bits per heavy atom. The van der Waals surface area contributed by atoms with Crippen LogP contribution in [0.2, 0.25) is 0 Å². The number of nitro groups is 1. The van der Waals surface area contributed by atoms with Crippen LogP contribution in [0.25, 0.3) is 10.2 Å². The van der Waals surface area contributed by atoms with Crippen molar-refractivity contribution in [1.29, 1.82) is 0 Å². The number of aromatic nitrogens is 1. The fraction of sp³-hybridized carbons (Fsp3) is 0.222. The predicted octanol–water partition coefficient (Wildman–Crippen LogP) is 2.91. The van der Waals surface area contributed by atoms with E-state index in [1.54, 1.807) is 17.7 Å². The molecule has 1 amide bonds. The molecule has 0 aliphatic heterocycles. The summed E-state index contributed by atoms with van der Waals surface area (Å²) in [7, 11) is 6.09. The van der Waals surface area contributed by atoms with Gasteiger partial charge >= 0.3 is 0 Å². The zero-order chi connectivity index (χ0) is 20.4. The highest BCUT2D eigenvalue weighted by Crippen LogP contribution is 2.38. The maximum absolute atomic E-state index is 12.7. The van der Waals surface area contributed by atoms with Gasteiger partial charge in [0.2, 0.25) is 5.75 Å². The lowest BCUT2D eigenvalue weighted by molar-refractivity contribution is -0.384. The Labute approximate surface area is 163 Å². The number of fused-ring (bicyclic) bond motifs is 1. The molecule has 0 saturated heterocycles. The van der Waals surface area contributed by atoms with Crippen molar-refractivity contribution in [1.82, 2.24) is 4.57 Å². The molecule has 0 N–H and O–H groups in total. The number of nitrogens with zero attached hydrogens (tertiary/aromatic N) is 3. The summed E-state index contributed by atoms with van der Waals surface area (Å²) in [6, 6.07) is 7.55. The summed E-state index contributed by atoms with van der Waals surface area (Å²) in [5.74, 6) is 0.561. The van der Waals surface area contributed by atoms with Gasteiger partial charge in [-0.1, -0.05) is 11.3 Å². The summed E-state index contributed by atoms with van der Waals surface area (Å²) >= 11 is 1.26. The Hall–Kier alpha value is -3.40. The van der Waals surface area contributed by atoms with Crippen molar-refractivity contribution in [2.75, 3.05) is 21.3 Å². The van der Waals surface area contributed by atoms with E-state index in [4.69, 9.17) is 14.2 Å². The van der Waals surface area contributed by atoms with E-state index in [9.17, 15) is 14.9 Å². The van der Waals surface area contributed by atoms with Gasteiger partial charge in [-0.3, -0.25) is 14.9 Å². The maximum Gasteiger partial charge on any atom is 0.279 e. The number of rotatable bonds is 5. The van der Waals surface area contributed by atoms with Crippen molar-refractivity contribution in [2.24, 2.45) is 12.0 Å². The molecule has 0 spiro atoms. The zero-order valence-electron chi connectivity index (χ0n) is 15.6.